The summed E-state index contributed by atoms with van der Waals surface area (Å²) in [5.74, 6) is 1.12. The largest absolute Gasteiger partial charge is 0.419 e. The summed E-state index contributed by atoms with van der Waals surface area (Å²) in [5.41, 5.74) is 0.591. The van der Waals surface area contributed by atoms with E-state index in [1.54, 1.807) is 0 Å². The van der Waals surface area contributed by atoms with Gasteiger partial charge in [0.15, 0.2) is 11.5 Å². The molecule has 2 unspecified atom stereocenters. The molecule has 10 heteroatoms. The average Bonchev–Trinajstić information content (AvgIpc) is 3.50. The van der Waals surface area contributed by atoms with Crippen LogP contribution in [-0.4, -0.2) is 30.4 Å². The maximum absolute atomic E-state index is 13.4. The van der Waals surface area contributed by atoms with Crippen LogP contribution in [0, 0.1) is 11.6 Å². The zero-order valence-electron chi connectivity index (χ0n) is 18.3. The van der Waals surface area contributed by atoms with Crippen LogP contribution in [0.2, 0.25) is 0 Å². The number of hydrogen-bond acceptors (Lipinski definition) is 8. The highest BCUT2D eigenvalue weighted by Crippen LogP contribution is 2.23. The molecule has 4 aromatic rings. The van der Waals surface area contributed by atoms with Crippen molar-refractivity contribution in [3.05, 3.63) is 60.1 Å². The van der Waals surface area contributed by atoms with E-state index in [1.165, 1.54) is 30.5 Å². The maximum Gasteiger partial charge on any atom is 0.269 e. The van der Waals surface area contributed by atoms with Crippen LogP contribution < -0.4 is 0 Å². The second kappa shape index (κ2) is 10.7. The molecule has 0 amide bonds. The highest BCUT2D eigenvalue weighted by atomic mass is 19.1. The Kier molecular flexibility index (Phi) is 7.69. The third-order valence-corrected chi connectivity index (χ3v) is 4.86. The monoisotopic (exact) mass is 442 g/mol. The number of hydrogen-bond donors (Lipinski definition) is 0. The van der Waals surface area contributed by atoms with E-state index in [-0.39, 0.29) is 29.2 Å². The van der Waals surface area contributed by atoms with Crippen LogP contribution in [0.5, 0.6) is 0 Å². The second-order valence-corrected chi connectivity index (χ2v) is 7.20. The van der Waals surface area contributed by atoms with Crippen molar-refractivity contribution in [3.8, 4) is 23.2 Å². The minimum atomic E-state index is -0.457. The van der Waals surface area contributed by atoms with Gasteiger partial charge in [-0.3, -0.25) is 0 Å². The first kappa shape index (κ1) is 23.1. The Hall–Kier alpha value is -3.56. The molecule has 0 aliphatic rings. The molecule has 2 atom stereocenters. The maximum atomic E-state index is 13.4. The first-order valence-corrected chi connectivity index (χ1v) is 10.3. The first-order chi connectivity index (χ1) is 15.4. The molecule has 0 aliphatic carbocycles. The van der Waals surface area contributed by atoms with E-state index in [2.05, 4.69) is 30.4 Å². The van der Waals surface area contributed by atoms with Crippen molar-refractivity contribution in [1.82, 2.24) is 30.4 Å². The number of rotatable bonds is 6. The fourth-order valence-electron chi connectivity index (χ4n) is 2.46. The van der Waals surface area contributed by atoms with Gasteiger partial charge in [-0.2, -0.15) is 0 Å². The molecule has 0 saturated carbocycles. The molecule has 0 N–H and O–H groups in total. The Morgan fingerprint density at radius 1 is 0.812 bits per heavy atom. The lowest BCUT2D eigenvalue weighted by molar-refractivity contribution is 0.458. The first-order valence-electron chi connectivity index (χ1n) is 10.3. The van der Waals surface area contributed by atoms with Crippen LogP contribution in [0.15, 0.2) is 45.5 Å². The van der Waals surface area contributed by atoms with Gasteiger partial charge in [-0.25, -0.2) is 18.7 Å². The average molecular weight is 442 g/mol. The van der Waals surface area contributed by atoms with Gasteiger partial charge in [0, 0.05) is 18.0 Å². The lowest BCUT2D eigenvalue weighted by Crippen LogP contribution is -1.90. The third-order valence-electron chi connectivity index (χ3n) is 4.86. The predicted octanol–water partition coefficient (Wildman–Crippen LogP) is 5.57. The van der Waals surface area contributed by atoms with Gasteiger partial charge < -0.3 is 8.83 Å². The Labute approximate surface area is 184 Å². The third kappa shape index (κ3) is 5.57. The predicted molar refractivity (Wildman–Crippen MR) is 112 cm³/mol. The second-order valence-electron chi connectivity index (χ2n) is 7.20. The summed E-state index contributed by atoms with van der Waals surface area (Å²) in [6.07, 6.45) is 4.44. The number of aromatic nitrogens is 6. The Morgan fingerprint density at radius 3 is 2.00 bits per heavy atom. The van der Waals surface area contributed by atoms with Gasteiger partial charge in [-0.05, 0) is 37.1 Å². The minimum Gasteiger partial charge on any atom is -0.419 e. The van der Waals surface area contributed by atoms with E-state index in [9.17, 15) is 8.78 Å². The molecule has 168 valence electrons. The Morgan fingerprint density at radius 2 is 1.44 bits per heavy atom. The van der Waals surface area contributed by atoms with Crippen LogP contribution in [0.1, 0.15) is 64.2 Å². The molecule has 8 nitrogen and oxygen atoms in total. The molecule has 0 radical (unpaired) electrons. The zero-order valence-corrected chi connectivity index (χ0v) is 18.3. The lowest BCUT2D eigenvalue weighted by Gasteiger charge is -1.99. The molecule has 0 aromatic carbocycles. The molecule has 4 rings (SSSR count). The van der Waals surface area contributed by atoms with Crippen LogP contribution in [0.4, 0.5) is 8.78 Å². The summed E-state index contributed by atoms with van der Waals surface area (Å²) >= 11 is 0. The topological polar surface area (TPSA) is 104 Å². The molecule has 4 heterocycles. The molecule has 0 fully saturated rings. The van der Waals surface area contributed by atoms with Crippen molar-refractivity contribution in [3.63, 3.8) is 0 Å². The lowest BCUT2D eigenvalue weighted by atomic mass is 10.1. The normalized spacial score (nSPS) is 12.7. The van der Waals surface area contributed by atoms with Crippen LogP contribution in [0.3, 0.4) is 0 Å². The van der Waals surface area contributed by atoms with Crippen molar-refractivity contribution >= 4 is 0 Å². The van der Waals surface area contributed by atoms with E-state index in [4.69, 9.17) is 8.83 Å². The molecule has 32 heavy (non-hydrogen) atoms. The van der Waals surface area contributed by atoms with Gasteiger partial charge in [-0.15, -0.1) is 20.4 Å². The molecular weight excluding hydrogens is 418 g/mol. The highest BCUT2D eigenvalue weighted by molar-refractivity contribution is 5.46. The summed E-state index contributed by atoms with van der Waals surface area (Å²) in [6.45, 7) is 8.06. The molecule has 0 aliphatic heterocycles. The fraction of sp³-hybridized carbons (Fsp3) is 0.364. The summed E-state index contributed by atoms with van der Waals surface area (Å²) in [7, 11) is 0. The zero-order chi connectivity index (χ0) is 23.1. The quantitative estimate of drug-likeness (QED) is 0.382. The molecule has 0 bridgehead atoms. The Bertz CT molecular complexity index is 1130. The smallest absolute Gasteiger partial charge is 0.269 e. The van der Waals surface area contributed by atoms with E-state index in [0.717, 1.165) is 19.0 Å². The summed E-state index contributed by atoms with van der Waals surface area (Å²) in [5, 5.41) is 15.5. The number of pyridine rings is 2. The summed E-state index contributed by atoms with van der Waals surface area (Å²) in [4.78, 5) is 7.75. The van der Waals surface area contributed by atoms with Crippen LogP contribution >= 0.6 is 0 Å². The van der Waals surface area contributed by atoms with E-state index in [0.29, 0.717) is 23.4 Å². The SMILES string of the molecule is CCC(C)c1nnc(-c2ccc(F)cn2)o1.CCC(C)c1nnc(-c2ncccc2F)o1. The van der Waals surface area contributed by atoms with E-state index < -0.39 is 5.82 Å². The van der Waals surface area contributed by atoms with E-state index in [1.807, 2.05) is 27.7 Å². The summed E-state index contributed by atoms with van der Waals surface area (Å²) in [6, 6.07) is 5.67. The van der Waals surface area contributed by atoms with Crippen LogP contribution in [-0.2, 0) is 0 Å². The van der Waals surface area contributed by atoms with Gasteiger partial charge >= 0.3 is 0 Å². The molecule has 0 saturated heterocycles. The van der Waals surface area contributed by atoms with Gasteiger partial charge in [0.2, 0.25) is 11.8 Å². The summed E-state index contributed by atoms with van der Waals surface area (Å²) < 4.78 is 36.9. The Balaban J connectivity index is 0.000000181. The molecule has 0 spiro atoms. The van der Waals surface area contributed by atoms with Gasteiger partial charge in [0.05, 0.1) is 6.20 Å². The van der Waals surface area contributed by atoms with Crippen molar-refractivity contribution in [2.24, 2.45) is 0 Å². The van der Waals surface area contributed by atoms with Crippen molar-refractivity contribution in [2.75, 3.05) is 0 Å². The number of nitrogens with zero attached hydrogens (tertiary/aromatic N) is 6. The van der Waals surface area contributed by atoms with Crippen molar-refractivity contribution in [1.29, 1.82) is 0 Å². The van der Waals surface area contributed by atoms with Gasteiger partial charge in [0.25, 0.3) is 11.8 Å². The minimum absolute atomic E-state index is 0.101. The van der Waals surface area contributed by atoms with Crippen LogP contribution in [0.25, 0.3) is 23.2 Å². The highest BCUT2D eigenvalue weighted by Gasteiger charge is 2.17. The number of halogens is 2. The van der Waals surface area contributed by atoms with Crippen molar-refractivity contribution in [2.45, 2.75) is 52.4 Å². The fourth-order valence-corrected chi connectivity index (χ4v) is 2.46. The molecular formula is C22H24F2N6O2. The standard InChI is InChI=1S/2C11H12FN3O/c1-3-7(2)10-14-15-11(16-10)9-5-4-8(12)6-13-9;1-3-7(2)10-14-15-11(16-10)9-8(12)5-4-6-13-9/h2*4-7H,3H2,1-2H3. The van der Waals surface area contributed by atoms with Crippen molar-refractivity contribution < 1.29 is 17.6 Å². The van der Waals surface area contributed by atoms with E-state index >= 15 is 0 Å². The van der Waals surface area contributed by atoms with Gasteiger partial charge in [0.1, 0.15) is 11.5 Å². The van der Waals surface area contributed by atoms with Gasteiger partial charge in [-0.1, -0.05) is 27.7 Å². The molecule has 4 aromatic heterocycles.